The molecule has 78 valence electrons. The summed E-state index contributed by atoms with van der Waals surface area (Å²) >= 11 is 1.44. The third kappa shape index (κ3) is 1.66. The van der Waals surface area contributed by atoms with E-state index in [9.17, 15) is 9.90 Å². The molecule has 0 radical (unpaired) electrons. The Morgan fingerprint density at radius 3 is 2.43 bits per heavy atom. The number of aryl methyl sites for hydroxylation is 1. The molecule has 0 bridgehead atoms. The zero-order chi connectivity index (χ0) is 10.8. The average molecular weight is 213 g/mol. The zero-order valence-electron chi connectivity index (χ0n) is 8.70. The van der Waals surface area contributed by atoms with E-state index in [-0.39, 0.29) is 0 Å². The molecule has 1 rings (SSSR count). The lowest BCUT2D eigenvalue weighted by molar-refractivity contribution is -0.144. The summed E-state index contributed by atoms with van der Waals surface area (Å²) in [6, 6.07) is 0. The van der Waals surface area contributed by atoms with E-state index in [1.54, 1.807) is 0 Å². The van der Waals surface area contributed by atoms with E-state index in [1.807, 2.05) is 26.2 Å². The van der Waals surface area contributed by atoms with Crippen molar-refractivity contribution in [1.29, 1.82) is 0 Å². The Hall–Kier alpha value is -0.900. The van der Waals surface area contributed by atoms with Crippen LogP contribution in [0.5, 0.6) is 0 Å². The van der Waals surface area contributed by atoms with Crippen LogP contribution >= 0.6 is 11.3 Å². The van der Waals surface area contributed by atoms with Crippen molar-refractivity contribution in [3.8, 4) is 0 Å². The van der Waals surface area contributed by atoms with E-state index in [2.05, 4.69) is 4.98 Å². The number of hydrogen-bond donors (Lipinski definition) is 1. The van der Waals surface area contributed by atoms with Gasteiger partial charge in [-0.1, -0.05) is 13.8 Å². The van der Waals surface area contributed by atoms with Gasteiger partial charge in [0.2, 0.25) is 0 Å². The molecule has 0 saturated heterocycles. The molecule has 0 aliphatic rings. The summed E-state index contributed by atoms with van der Waals surface area (Å²) < 4.78 is 0. The number of carbonyl (C=O) groups is 1. The minimum absolute atomic E-state index is 0.589. The van der Waals surface area contributed by atoms with Crippen LogP contribution in [-0.4, -0.2) is 16.1 Å². The molecule has 3 nitrogen and oxygen atoms in total. The molecule has 1 heterocycles. The molecule has 4 heteroatoms. The lowest BCUT2D eigenvalue weighted by atomic mass is 9.83. The van der Waals surface area contributed by atoms with Crippen molar-refractivity contribution in [3.63, 3.8) is 0 Å². The first-order valence-corrected chi connectivity index (χ1v) is 5.60. The number of rotatable bonds is 4. The van der Waals surface area contributed by atoms with Gasteiger partial charge < -0.3 is 5.11 Å². The van der Waals surface area contributed by atoms with Gasteiger partial charge in [0.05, 0.1) is 0 Å². The van der Waals surface area contributed by atoms with E-state index in [1.165, 1.54) is 11.3 Å². The Balaban J connectivity index is 3.16. The molecule has 0 spiro atoms. The number of carboxylic acids is 1. The highest BCUT2D eigenvalue weighted by Gasteiger charge is 2.39. The number of aliphatic carboxylic acids is 1. The smallest absolute Gasteiger partial charge is 0.316 e. The van der Waals surface area contributed by atoms with Crippen LogP contribution in [0, 0.1) is 6.92 Å². The molecular weight excluding hydrogens is 198 g/mol. The average Bonchev–Trinajstić information content (AvgIpc) is 2.55. The quantitative estimate of drug-likeness (QED) is 0.836. The monoisotopic (exact) mass is 213 g/mol. The topological polar surface area (TPSA) is 50.2 Å². The van der Waals surface area contributed by atoms with Gasteiger partial charge in [0.15, 0.2) is 0 Å². The van der Waals surface area contributed by atoms with E-state index in [0.29, 0.717) is 12.8 Å². The highest BCUT2D eigenvalue weighted by Crippen LogP contribution is 2.33. The Morgan fingerprint density at radius 2 is 2.14 bits per heavy atom. The molecular formula is C10H15NO2S. The van der Waals surface area contributed by atoms with Gasteiger partial charge in [-0.15, -0.1) is 11.3 Å². The Bertz CT molecular complexity index is 329. The van der Waals surface area contributed by atoms with Crippen LogP contribution in [0.15, 0.2) is 5.38 Å². The van der Waals surface area contributed by atoms with Gasteiger partial charge in [-0.05, 0) is 19.8 Å². The van der Waals surface area contributed by atoms with Crippen molar-refractivity contribution in [2.75, 3.05) is 0 Å². The first kappa shape index (κ1) is 11.2. The third-order valence-electron chi connectivity index (χ3n) is 2.64. The zero-order valence-corrected chi connectivity index (χ0v) is 9.52. The minimum Gasteiger partial charge on any atom is -0.481 e. The molecule has 0 aliphatic carbocycles. The standard InChI is InChI=1S/C10H15NO2S/c1-4-10(5-2,9(12)13)8-11-7(3)6-14-8/h6H,4-5H2,1-3H3,(H,12,13). The normalized spacial score (nSPS) is 11.6. The molecule has 0 aromatic carbocycles. The van der Waals surface area contributed by atoms with Crippen molar-refractivity contribution in [2.45, 2.75) is 39.0 Å². The third-order valence-corrected chi connectivity index (χ3v) is 3.81. The molecule has 0 aliphatic heterocycles. The molecule has 0 saturated carbocycles. The van der Waals surface area contributed by atoms with Crippen molar-refractivity contribution in [3.05, 3.63) is 16.1 Å². The minimum atomic E-state index is -0.779. The van der Waals surface area contributed by atoms with E-state index < -0.39 is 11.4 Å². The van der Waals surface area contributed by atoms with E-state index >= 15 is 0 Å². The van der Waals surface area contributed by atoms with Crippen LogP contribution in [0.4, 0.5) is 0 Å². The second-order valence-corrected chi connectivity index (χ2v) is 4.25. The number of aromatic nitrogens is 1. The van der Waals surface area contributed by atoms with Crippen LogP contribution in [0.1, 0.15) is 37.4 Å². The highest BCUT2D eigenvalue weighted by molar-refractivity contribution is 7.10. The fourth-order valence-corrected chi connectivity index (χ4v) is 2.65. The Labute approximate surface area is 87.8 Å². The van der Waals surface area contributed by atoms with E-state index in [0.717, 1.165) is 10.7 Å². The van der Waals surface area contributed by atoms with Crippen molar-refractivity contribution in [1.82, 2.24) is 4.98 Å². The maximum absolute atomic E-state index is 11.3. The Morgan fingerprint density at radius 1 is 1.57 bits per heavy atom. The van der Waals surface area contributed by atoms with Gasteiger partial charge in [0, 0.05) is 11.1 Å². The summed E-state index contributed by atoms with van der Waals surface area (Å²) in [6.45, 7) is 5.68. The molecule has 1 aromatic rings. The van der Waals surface area contributed by atoms with E-state index in [4.69, 9.17) is 0 Å². The predicted molar refractivity (Wildman–Crippen MR) is 56.7 cm³/mol. The fourth-order valence-electron chi connectivity index (χ4n) is 1.52. The van der Waals surface area contributed by atoms with Crippen molar-refractivity contribution >= 4 is 17.3 Å². The summed E-state index contributed by atoms with van der Waals surface area (Å²) in [6.07, 6.45) is 1.18. The maximum Gasteiger partial charge on any atom is 0.316 e. The van der Waals surface area contributed by atoms with Crippen LogP contribution < -0.4 is 0 Å². The first-order valence-electron chi connectivity index (χ1n) is 4.72. The van der Waals surface area contributed by atoms with Crippen LogP contribution in [0.2, 0.25) is 0 Å². The van der Waals surface area contributed by atoms with Gasteiger partial charge >= 0.3 is 5.97 Å². The van der Waals surface area contributed by atoms with Gasteiger partial charge in [0.25, 0.3) is 0 Å². The second-order valence-electron chi connectivity index (χ2n) is 3.39. The number of hydrogen-bond acceptors (Lipinski definition) is 3. The van der Waals surface area contributed by atoms with Crippen molar-refractivity contribution in [2.24, 2.45) is 0 Å². The molecule has 14 heavy (non-hydrogen) atoms. The van der Waals surface area contributed by atoms with Crippen LogP contribution in [0.25, 0.3) is 0 Å². The second kappa shape index (κ2) is 4.09. The highest BCUT2D eigenvalue weighted by atomic mass is 32.1. The fraction of sp³-hybridized carbons (Fsp3) is 0.600. The molecule has 0 atom stereocenters. The number of nitrogens with zero attached hydrogens (tertiary/aromatic N) is 1. The maximum atomic E-state index is 11.3. The van der Waals surface area contributed by atoms with Gasteiger partial charge in [0.1, 0.15) is 10.4 Å². The van der Waals surface area contributed by atoms with Crippen LogP contribution in [-0.2, 0) is 10.2 Å². The first-order chi connectivity index (χ1) is 6.56. The molecule has 0 fully saturated rings. The summed E-state index contributed by atoms with van der Waals surface area (Å²) in [4.78, 5) is 15.5. The summed E-state index contributed by atoms with van der Waals surface area (Å²) in [5, 5.41) is 11.9. The van der Waals surface area contributed by atoms with Gasteiger partial charge in [-0.3, -0.25) is 4.79 Å². The van der Waals surface area contributed by atoms with Gasteiger partial charge in [-0.2, -0.15) is 0 Å². The number of thiazole rings is 1. The molecule has 0 amide bonds. The van der Waals surface area contributed by atoms with Crippen molar-refractivity contribution < 1.29 is 9.90 Å². The lowest BCUT2D eigenvalue weighted by Gasteiger charge is -2.23. The van der Waals surface area contributed by atoms with Crippen LogP contribution in [0.3, 0.4) is 0 Å². The SMILES string of the molecule is CCC(CC)(C(=O)O)c1nc(C)cs1. The summed E-state index contributed by atoms with van der Waals surface area (Å²) in [5.74, 6) is -0.767. The largest absolute Gasteiger partial charge is 0.481 e. The molecule has 1 aromatic heterocycles. The number of carboxylic acid groups (broad SMARTS) is 1. The Kier molecular flexibility index (Phi) is 3.26. The van der Waals surface area contributed by atoms with Gasteiger partial charge in [-0.25, -0.2) is 4.98 Å². The predicted octanol–water partition coefficient (Wildman–Crippen LogP) is 2.59. The lowest BCUT2D eigenvalue weighted by Crippen LogP contribution is -2.34. The summed E-state index contributed by atoms with van der Waals surface area (Å²) in [5.41, 5.74) is 0.122. The molecule has 1 N–H and O–H groups in total. The summed E-state index contributed by atoms with van der Waals surface area (Å²) in [7, 11) is 0. The molecule has 0 unspecified atom stereocenters.